The number of rotatable bonds is 5. The van der Waals surface area contributed by atoms with E-state index in [2.05, 4.69) is 120 Å². The number of oxazole rings is 1. The quantitative estimate of drug-likeness (QED) is 0.204. The molecule has 9 rings (SSSR count). The van der Waals surface area contributed by atoms with Crippen molar-refractivity contribution in [2.75, 3.05) is 4.90 Å². The standard InChI is InChI=1S/C41H26N2O2/c1-3-10-27(11-4-1)29-18-21-32(22-19-29)43(33-23-20-28-12-7-8-15-31(28)24-33)37-17-9-16-34-35-25-36-39(26-38(35)44-40(34)37)45-41(42-36)30-13-5-2-6-14-30/h1-26H. The van der Waals surface area contributed by atoms with Crippen LogP contribution in [-0.2, 0) is 0 Å². The summed E-state index contributed by atoms with van der Waals surface area (Å²) in [7, 11) is 0. The zero-order valence-corrected chi connectivity index (χ0v) is 24.2. The van der Waals surface area contributed by atoms with Crippen LogP contribution in [0.1, 0.15) is 0 Å². The van der Waals surface area contributed by atoms with Crippen LogP contribution in [0.2, 0.25) is 0 Å². The van der Waals surface area contributed by atoms with Gasteiger partial charge in [0.25, 0.3) is 0 Å². The summed E-state index contributed by atoms with van der Waals surface area (Å²) in [6, 6.07) is 54.6. The maximum absolute atomic E-state index is 6.68. The number of aromatic nitrogens is 1. The van der Waals surface area contributed by atoms with E-state index in [1.807, 2.05) is 42.5 Å². The lowest BCUT2D eigenvalue weighted by Crippen LogP contribution is -2.10. The number of fused-ring (bicyclic) bond motifs is 5. The van der Waals surface area contributed by atoms with Gasteiger partial charge in [-0.15, -0.1) is 0 Å². The lowest BCUT2D eigenvalue weighted by Gasteiger charge is -2.26. The molecule has 45 heavy (non-hydrogen) atoms. The number of para-hydroxylation sites is 1. The van der Waals surface area contributed by atoms with Crippen LogP contribution in [0.3, 0.4) is 0 Å². The highest BCUT2D eigenvalue weighted by molar-refractivity contribution is 6.13. The molecular weight excluding hydrogens is 552 g/mol. The monoisotopic (exact) mass is 578 g/mol. The first-order chi connectivity index (χ1) is 22.3. The summed E-state index contributed by atoms with van der Waals surface area (Å²) in [5.74, 6) is 0.602. The molecule has 0 spiro atoms. The number of nitrogens with zero attached hydrogens (tertiary/aromatic N) is 2. The summed E-state index contributed by atoms with van der Waals surface area (Å²) in [4.78, 5) is 7.10. The van der Waals surface area contributed by atoms with Crippen LogP contribution in [0.25, 0.3) is 66.4 Å². The van der Waals surface area contributed by atoms with Crippen molar-refractivity contribution in [3.8, 4) is 22.6 Å². The minimum Gasteiger partial charge on any atom is -0.454 e. The maximum atomic E-state index is 6.68. The van der Waals surface area contributed by atoms with Gasteiger partial charge in [-0.25, -0.2) is 4.98 Å². The molecule has 0 aliphatic heterocycles. The topological polar surface area (TPSA) is 42.4 Å². The van der Waals surface area contributed by atoms with Gasteiger partial charge in [-0.05, 0) is 70.4 Å². The highest BCUT2D eigenvalue weighted by Crippen LogP contribution is 2.44. The number of hydrogen-bond donors (Lipinski definition) is 0. The SMILES string of the molecule is c1ccc(-c2ccc(N(c3ccc4ccccc4c3)c3cccc4c3oc3cc5oc(-c6ccccc6)nc5cc34)cc2)cc1. The lowest BCUT2D eigenvalue weighted by molar-refractivity contribution is 0.617. The van der Waals surface area contributed by atoms with Crippen LogP contribution < -0.4 is 4.90 Å². The van der Waals surface area contributed by atoms with E-state index in [0.29, 0.717) is 11.5 Å². The second kappa shape index (κ2) is 10.2. The smallest absolute Gasteiger partial charge is 0.227 e. The Morgan fingerprint density at radius 3 is 1.93 bits per heavy atom. The molecule has 0 bridgehead atoms. The minimum absolute atomic E-state index is 0.602. The van der Waals surface area contributed by atoms with Crippen molar-refractivity contribution in [2.24, 2.45) is 0 Å². The molecule has 0 aliphatic carbocycles. The van der Waals surface area contributed by atoms with Crippen LogP contribution in [0, 0.1) is 0 Å². The van der Waals surface area contributed by atoms with Gasteiger partial charge in [0.05, 0.1) is 5.69 Å². The van der Waals surface area contributed by atoms with E-state index in [4.69, 9.17) is 13.8 Å². The molecule has 4 heteroatoms. The number of furan rings is 1. The third kappa shape index (κ3) is 4.35. The van der Waals surface area contributed by atoms with Gasteiger partial charge in [0.2, 0.25) is 5.89 Å². The van der Waals surface area contributed by atoms with E-state index < -0.39 is 0 Å². The second-order valence-corrected chi connectivity index (χ2v) is 11.2. The van der Waals surface area contributed by atoms with E-state index >= 15 is 0 Å². The van der Waals surface area contributed by atoms with Gasteiger partial charge in [0.15, 0.2) is 11.2 Å². The predicted molar refractivity (Wildman–Crippen MR) is 184 cm³/mol. The van der Waals surface area contributed by atoms with Crippen molar-refractivity contribution < 1.29 is 8.83 Å². The second-order valence-electron chi connectivity index (χ2n) is 11.2. The summed E-state index contributed by atoms with van der Waals surface area (Å²) >= 11 is 0. The minimum atomic E-state index is 0.602. The third-order valence-corrected chi connectivity index (χ3v) is 8.47. The van der Waals surface area contributed by atoms with Gasteiger partial charge in [-0.2, -0.15) is 0 Å². The van der Waals surface area contributed by atoms with Crippen LogP contribution in [-0.4, -0.2) is 4.98 Å². The molecule has 9 aromatic rings. The summed E-state index contributed by atoms with van der Waals surface area (Å²) in [5, 5.41) is 4.41. The molecule has 0 fully saturated rings. The fourth-order valence-corrected chi connectivity index (χ4v) is 6.26. The summed E-state index contributed by atoms with van der Waals surface area (Å²) < 4.78 is 12.9. The van der Waals surface area contributed by atoms with Gasteiger partial charge in [-0.1, -0.05) is 103 Å². The number of hydrogen-bond acceptors (Lipinski definition) is 4. The van der Waals surface area contributed by atoms with E-state index in [1.54, 1.807) is 0 Å². The molecule has 4 nitrogen and oxygen atoms in total. The molecule has 0 atom stereocenters. The highest BCUT2D eigenvalue weighted by Gasteiger charge is 2.21. The normalized spacial score (nSPS) is 11.6. The Morgan fingerprint density at radius 2 is 1.13 bits per heavy atom. The summed E-state index contributed by atoms with van der Waals surface area (Å²) in [6.45, 7) is 0. The fraction of sp³-hybridized carbons (Fsp3) is 0. The fourth-order valence-electron chi connectivity index (χ4n) is 6.26. The first-order valence-corrected chi connectivity index (χ1v) is 15.0. The Bertz CT molecular complexity index is 2480. The molecule has 0 aliphatic rings. The lowest BCUT2D eigenvalue weighted by atomic mass is 10.0. The first-order valence-electron chi connectivity index (χ1n) is 15.0. The van der Waals surface area contributed by atoms with Crippen LogP contribution in [0.15, 0.2) is 167 Å². The van der Waals surface area contributed by atoms with Gasteiger partial charge < -0.3 is 13.7 Å². The molecule has 2 aromatic heterocycles. The van der Waals surface area contributed by atoms with Gasteiger partial charge in [-0.3, -0.25) is 0 Å². The Balaban J connectivity index is 1.22. The van der Waals surface area contributed by atoms with E-state index in [0.717, 1.165) is 50.1 Å². The van der Waals surface area contributed by atoms with Gasteiger partial charge >= 0.3 is 0 Å². The molecule has 0 N–H and O–H groups in total. The maximum Gasteiger partial charge on any atom is 0.227 e. The van der Waals surface area contributed by atoms with Gasteiger partial charge in [0, 0.05) is 33.8 Å². The molecule has 0 saturated carbocycles. The number of anilines is 3. The van der Waals surface area contributed by atoms with Crippen LogP contribution in [0.4, 0.5) is 17.1 Å². The van der Waals surface area contributed by atoms with Crippen molar-refractivity contribution in [1.29, 1.82) is 0 Å². The Hall–Kier alpha value is -6.13. The molecule has 0 saturated heterocycles. The average Bonchev–Trinajstić information content (AvgIpc) is 3.69. The third-order valence-electron chi connectivity index (χ3n) is 8.47. The van der Waals surface area contributed by atoms with Crippen molar-refractivity contribution in [2.45, 2.75) is 0 Å². The van der Waals surface area contributed by atoms with Crippen molar-refractivity contribution in [3.63, 3.8) is 0 Å². The van der Waals surface area contributed by atoms with Crippen LogP contribution in [0.5, 0.6) is 0 Å². The molecule has 0 radical (unpaired) electrons. The van der Waals surface area contributed by atoms with Gasteiger partial charge in [0.1, 0.15) is 11.1 Å². The zero-order chi connectivity index (χ0) is 29.7. The van der Waals surface area contributed by atoms with Crippen molar-refractivity contribution in [3.05, 3.63) is 158 Å². The zero-order valence-electron chi connectivity index (χ0n) is 24.2. The molecule has 212 valence electrons. The summed E-state index contributed by atoms with van der Waals surface area (Å²) in [5.41, 5.74) is 9.43. The molecule has 7 aromatic carbocycles. The highest BCUT2D eigenvalue weighted by atomic mass is 16.4. The van der Waals surface area contributed by atoms with E-state index in [9.17, 15) is 0 Å². The Kier molecular flexibility index (Phi) is 5.78. The average molecular weight is 579 g/mol. The van der Waals surface area contributed by atoms with Crippen molar-refractivity contribution >= 4 is 60.9 Å². The van der Waals surface area contributed by atoms with E-state index in [-0.39, 0.29) is 0 Å². The molecule has 2 heterocycles. The first kappa shape index (κ1) is 25.4. The number of benzene rings is 7. The van der Waals surface area contributed by atoms with Crippen molar-refractivity contribution in [1.82, 2.24) is 4.98 Å². The van der Waals surface area contributed by atoms with E-state index in [1.165, 1.54) is 21.9 Å². The Morgan fingerprint density at radius 1 is 0.444 bits per heavy atom. The largest absolute Gasteiger partial charge is 0.454 e. The predicted octanol–water partition coefficient (Wildman–Crippen LogP) is 11.7. The summed E-state index contributed by atoms with van der Waals surface area (Å²) in [6.07, 6.45) is 0. The molecular formula is C41H26N2O2. The molecule has 0 unspecified atom stereocenters. The Labute approximate surface area is 259 Å². The van der Waals surface area contributed by atoms with Crippen LogP contribution >= 0.6 is 0 Å². The molecule has 0 amide bonds.